The summed E-state index contributed by atoms with van der Waals surface area (Å²) in [4.78, 5) is 8.17. The Labute approximate surface area is 301 Å². The molecule has 246 valence electrons. The van der Waals surface area contributed by atoms with E-state index in [0.29, 0.717) is 0 Å². The number of nitrogens with zero attached hydrogens (tertiary/aromatic N) is 3. The third-order valence-electron chi connectivity index (χ3n) is 8.97. The lowest BCUT2D eigenvalue weighted by molar-refractivity contribution is 0.602. The minimum Gasteiger partial charge on any atom is -0.340 e. The maximum absolute atomic E-state index is 4.08. The highest BCUT2D eigenvalue weighted by Gasteiger charge is 2.11. The summed E-state index contributed by atoms with van der Waals surface area (Å²) in [5.74, 6) is 13.6. The summed E-state index contributed by atoms with van der Waals surface area (Å²) in [7, 11) is 0. The fourth-order valence-electron chi connectivity index (χ4n) is 6.17. The molecule has 0 unspecified atom stereocenters. The molecule has 0 aliphatic heterocycles. The number of aryl methyl sites for hydroxylation is 1. The molecule has 0 saturated carbocycles. The normalized spacial score (nSPS) is 11.2. The zero-order valence-electron chi connectivity index (χ0n) is 28.9. The number of hydrogen-bond donors (Lipinski definition) is 0. The molecule has 0 aliphatic rings. The molecule has 0 atom stereocenters. The zero-order chi connectivity index (χ0) is 34.7. The van der Waals surface area contributed by atoms with E-state index in [1.165, 1.54) is 41.1 Å². The van der Waals surface area contributed by atoms with Crippen molar-refractivity contribution in [2.75, 3.05) is 0 Å². The molecule has 0 bridgehead atoms. The van der Waals surface area contributed by atoms with Crippen LogP contribution in [0.1, 0.15) is 77.1 Å². The summed E-state index contributed by atoms with van der Waals surface area (Å²) >= 11 is 0. The summed E-state index contributed by atoms with van der Waals surface area (Å²) < 4.78 is 2.48. The van der Waals surface area contributed by atoms with Crippen molar-refractivity contribution < 1.29 is 0 Å². The lowest BCUT2D eigenvalue weighted by Gasteiger charge is -2.07. The first-order valence-corrected chi connectivity index (χ1v) is 17.7. The van der Waals surface area contributed by atoms with E-state index < -0.39 is 0 Å². The van der Waals surface area contributed by atoms with Crippen LogP contribution in [0.3, 0.4) is 0 Å². The molecule has 3 nitrogen and oxygen atoms in total. The van der Waals surface area contributed by atoms with Gasteiger partial charge in [-0.25, -0.2) is 0 Å². The van der Waals surface area contributed by atoms with Crippen LogP contribution in [0.2, 0.25) is 0 Å². The number of benzene rings is 4. The molecule has 3 aromatic heterocycles. The molecule has 0 radical (unpaired) electrons. The van der Waals surface area contributed by atoms with Crippen LogP contribution in [-0.4, -0.2) is 14.5 Å². The average molecular weight is 658 g/mol. The van der Waals surface area contributed by atoms with Crippen molar-refractivity contribution in [1.82, 2.24) is 14.5 Å². The van der Waals surface area contributed by atoms with Crippen LogP contribution < -0.4 is 0 Å². The summed E-state index contributed by atoms with van der Waals surface area (Å²) in [6.45, 7) is 3.26. The highest BCUT2D eigenvalue weighted by Crippen LogP contribution is 2.31. The summed E-state index contributed by atoms with van der Waals surface area (Å²) in [6.07, 6.45) is 20.5. The number of fused-ring (bicyclic) bond motifs is 3. The maximum atomic E-state index is 4.08. The van der Waals surface area contributed by atoms with Gasteiger partial charge in [0.25, 0.3) is 0 Å². The van der Waals surface area contributed by atoms with Gasteiger partial charge in [0.2, 0.25) is 0 Å². The van der Waals surface area contributed by atoms with E-state index in [2.05, 4.69) is 154 Å². The molecule has 0 fully saturated rings. The number of aromatic nitrogens is 3. The first kappa shape index (κ1) is 33.1. The number of pyridine rings is 2. The second-order valence-corrected chi connectivity index (χ2v) is 12.6. The summed E-state index contributed by atoms with van der Waals surface area (Å²) in [5.41, 5.74) is 11.0. The molecule has 51 heavy (non-hydrogen) atoms. The maximum Gasteiger partial charge on any atom is 0.0492 e. The first-order valence-electron chi connectivity index (χ1n) is 17.7. The van der Waals surface area contributed by atoms with Crippen LogP contribution in [0, 0.1) is 23.7 Å². The largest absolute Gasteiger partial charge is 0.340 e. The number of hydrogen-bond acceptors (Lipinski definition) is 2. The molecule has 3 heterocycles. The SMILES string of the molecule is CCCCCCn1c2ccc(C#Cc3ccc(/C=C/c4ccncc4)cc3)cc2c2cc(C#Cc3ccc(/C=C/c4ccncc4)cc3)ccc21. The Bertz CT molecular complexity index is 2260. The van der Waals surface area contributed by atoms with Crippen molar-refractivity contribution in [2.24, 2.45) is 0 Å². The van der Waals surface area contributed by atoms with Gasteiger partial charge >= 0.3 is 0 Å². The molecule has 3 heteroatoms. The van der Waals surface area contributed by atoms with E-state index in [1.807, 2.05) is 24.3 Å². The van der Waals surface area contributed by atoms with Gasteiger partial charge < -0.3 is 4.57 Å². The van der Waals surface area contributed by atoms with E-state index in [4.69, 9.17) is 0 Å². The number of rotatable bonds is 9. The lowest BCUT2D eigenvalue weighted by Crippen LogP contribution is -1.97. The van der Waals surface area contributed by atoms with Crippen LogP contribution in [0.5, 0.6) is 0 Å². The van der Waals surface area contributed by atoms with Crippen LogP contribution in [0.15, 0.2) is 134 Å². The molecule has 0 aliphatic carbocycles. The Morgan fingerprint density at radius 2 is 0.843 bits per heavy atom. The van der Waals surface area contributed by atoms with Gasteiger partial charge in [0, 0.05) is 75.4 Å². The molecule has 4 aromatic carbocycles. The summed E-state index contributed by atoms with van der Waals surface area (Å²) in [6, 6.07) is 38.0. The Kier molecular flexibility index (Phi) is 10.6. The fraction of sp³-hybridized carbons (Fsp3) is 0.125. The molecule has 7 aromatic rings. The van der Waals surface area contributed by atoms with Gasteiger partial charge in [0.1, 0.15) is 0 Å². The molecule has 7 rings (SSSR count). The van der Waals surface area contributed by atoms with Crippen molar-refractivity contribution >= 4 is 46.1 Å². The Balaban J connectivity index is 1.14. The predicted octanol–water partition coefficient (Wildman–Crippen LogP) is 11.3. The topological polar surface area (TPSA) is 30.7 Å². The Morgan fingerprint density at radius 1 is 0.451 bits per heavy atom. The van der Waals surface area contributed by atoms with Crippen LogP contribution in [0.4, 0.5) is 0 Å². The van der Waals surface area contributed by atoms with Crippen LogP contribution in [0.25, 0.3) is 46.1 Å². The van der Waals surface area contributed by atoms with Crippen molar-refractivity contribution in [2.45, 2.75) is 39.2 Å². The second kappa shape index (κ2) is 16.3. The zero-order valence-corrected chi connectivity index (χ0v) is 28.9. The van der Waals surface area contributed by atoms with E-state index in [-0.39, 0.29) is 0 Å². The quantitative estimate of drug-likeness (QED) is 0.114. The second-order valence-electron chi connectivity index (χ2n) is 12.6. The van der Waals surface area contributed by atoms with Gasteiger partial charge in [-0.2, -0.15) is 0 Å². The van der Waals surface area contributed by atoms with Crippen molar-refractivity contribution in [3.63, 3.8) is 0 Å². The first-order chi connectivity index (χ1) is 25.2. The molecule has 0 spiro atoms. The lowest BCUT2D eigenvalue weighted by atomic mass is 10.1. The fourth-order valence-corrected chi connectivity index (χ4v) is 6.17. The van der Waals surface area contributed by atoms with Crippen LogP contribution in [-0.2, 0) is 6.54 Å². The summed E-state index contributed by atoms with van der Waals surface area (Å²) in [5, 5.41) is 2.44. The highest BCUT2D eigenvalue weighted by atomic mass is 15.0. The van der Waals surface area contributed by atoms with Gasteiger partial charge in [0.05, 0.1) is 0 Å². The van der Waals surface area contributed by atoms with Crippen LogP contribution >= 0.6 is 0 Å². The molecular weight excluding hydrogens is 619 g/mol. The number of unbranched alkanes of at least 4 members (excludes halogenated alkanes) is 3. The van der Waals surface area contributed by atoms with Crippen molar-refractivity contribution in [3.8, 4) is 23.7 Å². The average Bonchev–Trinajstić information content (AvgIpc) is 3.49. The van der Waals surface area contributed by atoms with Gasteiger partial charge in [-0.05, 0) is 114 Å². The molecule has 0 N–H and O–H groups in total. The minimum atomic E-state index is 0.991. The van der Waals surface area contributed by atoms with E-state index in [1.54, 1.807) is 24.8 Å². The van der Waals surface area contributed by atoms with E-state index in [0.717, 1.165) is 57.5 Å². The van der Waals surface area contributed by atoms with Gasteiger partial charge in [-0.1, -0.05) is 98.4 Å². The Morgan fingerprint density at radius 3 is 1.27 bits per heavy atom. The highest BCUT2D eigenvalue weighted by molar-refractivity contribution is 6.09. The molecule has 0 saturated heterocycles. The minimum absolute atomic E-state index is 0.991. The standard InChI is InChI=1S/C48H39N3/c1-2-3-4-5-34-51-47-24-22-43(20-18-39-10-6-37(7-11-39)14-16-41-26-30-49-31-27-41)35-45(47)46-36-44(23-25-48(46)51)21-19-40-12-8-38(9-13-40)15-17-42-28-32-50-33-29-42/h6-17,22-33,35-36H,2-5,34H2,1H3/b16-14+,17-15+. The Hall–Kier alpha value is -6.42. The van der Waals surface area contributed by atoms with E-state index >= 15 is 0 Å². The molecule has 0 amide bonds. The third kappa shape index (κ3) is 8.60. The van der Waals surface area contributed by atoms with E-state index in [9.17, 15) is 0 Å². The molecular formula is C48H39N3. The van der Waals surface area contributed by atoms with Gasteiger partial charge in [-0.3, -0.25) is 9.97 Å². The third-order valence-corrected chi connectivity index (χ3v) is 8.97. The van der Waals surface area contributed by atoms with Crippen molar-refractivity contribution in [3.05, 3.63) is 178 Å². The van der Waals surface area contributed by atoms with Crippen molar-refractivity contribution in [1.29, 1.82) is 0 Å². The smallest absolute Gasteiger partial charge is 0.0492 e. The monoisotopic (exact) mass is 657 g/mol. The van der Waals surface area contributed by atoms with Gasteiger partial charge in [0.15, 0.2) is 0 Å². The predicted molar refractivity (Wildman–Crippen MR) is 215 cm³/mol. The van der Waals surface area contributed by atoms with Gasteiger partial charge in [-0.15, -0.1) is 0 Å².